The molecule has 6 nitrogen and oxygen atoms in total. The number of alkyl halides is 3. The average Bonchev–Trinajstić information content (AvgIpc) is 3.63. The van der Waals surface area contributed by atoms with Crippen LogP contribution in [0.3, 0.4) is 0 Å². The van der Waals surface area contributed by atoms with Crippen LogP contribution < -0.4 is 5.32 Å². The molecule has 0 saturated carbocycles. The third kappa shape index (κ3) is 11.4. The number of aliphatic carboxylic acids is 2. The number of carboxylic acids is 2. The number of carboxylic acid groups (broad SMARTS) is 2. The molecule has 0 radical (unpaired) electrons. The van der Waals surface area contributed by atoms with Crippen LogP contribution in [0.1, 0.15) is 61.9 Å². The van der Waals surface area contributed by atoms with Crippen molar-refractivity contribution in [3.05, 3.63) is 149 Å². The van der Waals surface area contributed by atoms with Crippen molar-refractivity contribution in [1.82, 2.24) is 10.2 Å². The smallest absolute Gasteiger partial charge is 0.417 e. The van der Waals surface area contributed by atoms with Crippen LogP contribution in [0.15, 0.2) is 120 Å². The Morgan fingerprint density at radius 1 is 0.814 bits per heavy atom. The number of likely N-dealkylation sites (tertiary alicyclic amines) is 1. The SMILES string of the molecule is CC.CC(C)(c1ccccc1)c1cc(CN2CC(C(=O)O)C2)ccc1S.O=C(O)CCNCc1ccc2sc(-c3ccc(-c4ccccc4F)c(C(F)(F)F)c3)cc2c1. The lowest BCUT2D eigenvalue weighted by Crippen LogP contribution is -2.49. The van der Waals surface area contributed by atoms with Crippen molar-refractivity contribution in [2.24, 2.45) is 5.92 Å². The quantitative estimate of drug-likeness (QED) is 0.0557. The number of halogens is 4. The van der Waals surface area contributed by atoms with E-state index in [-0.39, 0.29) is 28.9 Å². The maximum atomic E-state index is 14.2. The first-order chi connectivity index (χ1) is 28.1. The lowest BCUT2D eigenvalue weighted by Gasteiger charge is -2.37. The maximum Gasteiger partial charge on any atom is 0.417 e. The molecular formula is C47H48F4N2O4S2. The molecular weight excluding hydrogens is 797 g/mol. The molecule has 0 unspecified atom stereocenters. The van der Waals surface area contributed by atoms with Crippen molar-refractivity contribution in [2.45, 2.75) is 63.7 Å². The number of carbonyl (C=O) groups is 2. The van der Waals surface area contributed by atoms with E-state index in [2.05, 4.69) is 73.1 Å². The summed E-state index contributed by atoms with van der Waals surface area (Å²) in [6.07, 6.45) is -4.62. The van der Waals surface area contributed by atoms with E-state index in [4.69, 9.17) is 10.2 Å². The highest BCUT2D eigenvalue weighted by atomic mass is 32.1. The monoisotopic (exact) mass is 844 g/mol. The largest absolute Gasteiger partial charge is 0.481 e. The Balaban J connectivity index is 0.000000225. The first kappa shape index (κ1) is 45.1. The van der Waals surface area contributed by atoms with E-state index in [1.165, 1.54) is 52.3 Å². The van der Waals surface area contributed by atoms with Crippen LogP contribution in [0, 0.1) is 11.7 Å². The van der Waals surface area contributed by atoms with Crippen molar-refractivity contribution < 1.29 is 37.4 Å². The highest BCUT2D eigenvalue weighted by molar-refractivity contribution is 7.80. The Kier molecular flexibility index (Phi) is 15.2. The summed E-state index contributed by atoms with van der Waals surface area (Å²) in [6.45, 7) is 11.3. The van der Waals surface area contributed by atoms with Gasteiger partial charge in [-0.25, -0.2) is 4.39 Å². The van der Waals surface area contributed by atoms with Gasteiger partial charge in [-0.15, -0.1) is 24.0 Å². The van der Waals surface area contributed by atoms with E-state index in [1.54, 1.807) is 6.07 Å². The molecule has 6 aromatic rings. The summed E-state index contributed by atoms with van der Waals surface area (Å²) < 4.78 is 56.7. The Labute approximate surface area is 352 Å². The summed E-state index contributed by atoms with van der Waals surface area (Å²) in [6, 6.07) is 33.7. The molecule has 0 spiro atoms. The van der Waals surface area contributed by atoms with Crippen molar-refractivity contribution in [2.75, 3.05) is 19.6 Å². The molecule has 3 N–H and O–H groups in total. The van der Waals surface area contributed by atoms with E-state index in [0.717, 1.165) is 39.2 Å². The summed E-state index contributed by atoms with van der Waals surface area (Å²) in [7, 11) is 0. The molecule has 5 aromatic carbocycles. The topological polar surface area (TPSA) is 89.9 Å². The van der Waals surface area contributed by atoms with Crippen molar-refractivity contribution in [3.63, 3.8) is 0 Å². The Morgan fingerprint density at radius 2 is 1.49 bits per heavy atom. The summed E-state index contributed by atoms with van der Waals surface area (Å²) in [5.74, 6) is -2.49. The van der Waals surface area contributed by atoms with Crippen LogP contribution in [-0.4, -0.2) is 46.7 Å². The molecule has 59 heavy (non-hydrogen) atoms. The average molecular weight is 845 g/mol. The number of benzene rings is 5. The molecule has 2 heterocycles. The van der Waals surface area contributed by atoms with Gasteiger partial charge < -0.3 is 15.5 Å². The van der Waals surface area contributed by atoms with Gasteiger partial charge in [-0.3, -0.25) is 14.5 Å². The Morgan fingerprint density at radius 3 is 2.15 bits per heavy atom. The number of fused-ring (bicyclic) bond motifs is 1. The molecule has 1 aromatic heterocycles. The number of hydrogen-bond donors (Lipinski definition) is 4. The van der Waals surface area contributed by atoms with Gasteiger partial charge in [-0.1, -0.05) is 107 Å². The molecule has 0 amide bonds. The molecule has 0 atom stereocenters. The molecule has 1 aliphatic heterocycles. The van der Waals surface area contributed by atoms with E-state index in [0.29, 0.717) is 36.6 Å². The molecule has 1 aliphatic rings. The van der Waals surface area contributed by atoms with E-state index < -0.39 is 29.5 Å². The fourth-order valence-electron chi connectivity index (χ4n) is 6.93. The van der Waals surface area contributed by atoms with Crippen LogP contribution >= 0.6 is 24.0 Å². The normalized spacial score (nSPS) is 13.2. The highest BCUT2D eigenvalue weighted by Gasteiger charge is 2.35. The van der Waals surface area contributed by atoms with E-state index in [9.17, 15) is 27.2 Å². The van der Waals surface area contributed by atoms with Crippen molar-refractivity contribution in [3.8, 4) is 21.6 Å². The molecule has 0 bridgehead atoms. The molecule has 310 valence electrons. The summed E-state index contributed by atoms with van der Waals surface area (Å²) in [5, 5.41) is 21.6. The minimum Gasteiger partial charge on any atom is -0.481 e. The zero-order valence-electron chi connectivity index (χ0n) is 33.3. The van der Waals surface area contributed by atoms with Crippen LogP contribution in [0.25, 0.3) is 31.7 Å². The van der Waals surface area contributed by atoms with Gasteiger partial charge in [0.25, 0.3) is 0 Å². The second-order valence-electron chi connectivity index (χ2n) is 14.6. The Bertz CT molecular complexity index is 2370. The second kappa shape index (κ2) is 19.8. The van der Waals surface area contributed by atoms with E-state index >= 15 is 0 Å². The summed E-state index contributed by atoms with van der Waals surface area (Å²) in [5.41, 5.74) is 3.71. The number of hydrogen-bond acceptors (Lipinski definition) is 6. The van der Waals surface area contributed by atoms with Crippen molar-refractivity contribution >= 4 is 46.0 Å². The number of thiophene rings is 1. The summed E-state index contributed by atoms with van der Waals surface area (Å²) >= 11 is 6.04. The third-order valence-corrected chi connectivity index (χ3v) is 11.7. The fraction of sp³-hybridized carbons (Fsp3) is 0.277. The van der Waals surface area contributed by atoms with Gasteiger partial charge in [0.1, 0.15) is 5.82 Å². The molecule has 12 heteroatoms. The first-order valence-electron chi connectivity index (χ1n) is 19.3. The first-order valence-corrected chi connectivity index (χ1v) is 20.6. The number of thiol groups is 1. The molecule has 0 aliphatic carbocycles. The zero-order valence-corrected chi connectivity index (χ0v) is 35.0. The van der Waals surface area contributed by atoms with Crippen LogP contribution in [0.2, 0.25) is 0 Å². The van der Waals surface area contributed by atoms with Gasteiger partial charge in [0, 0.05) is 58.2 Å². The minimum absolute atomic E-state index is 0.0231. The minimum atomic E-state index is -4.64. The fourth-order valence-corrected chi connectivity index (χ4v) is 8.38. The summed E-state index contributed by atoms with van der Waals surface area (Å²) in [4.78, 5) is 25.4. The maximum absolute atomic E-state index is 14.2. The van der Waals surface area contributed by atoms with Gasteiger partial charge >= 0.3 is 18.1 Å². The van der Waals surface area contributed by atoms with Gasteiger partial charge in [0.05, 0.1) is 17.9 Å². The highest BCUT2D eigenvalue weighted by Crippen LogP contribution is 2.42. The zero-order chi connectivity index (χ0) is 42.9. The lowest BCUT2D eigenvalue weighted by molar-refractivity contribution is -0.147. The predicted octanol–water partition coefficient (Wildman–Crippen LogP) is 11.8. The molecule has 7 rings (SSSR count). The number of nitrogens with one attached hydrogen (secondary N) is 1. The molecule has 1 fully saturated rings. The lowest BCUT2D eigenvalue weighted by atomic mass is 9.77. The van der Waals surface area contributed by atoms with Gasteiger partial charge in [-0.05, 0) is 75.2 Å². The van der Waals surface area contributed by atoms with Crippen LogP contribution in [-0.2, 0) is 34.3 Å². The second-order valence-corrected chi connectivity index (χ2v) is 16.2. The number of rotatable bonds is 12. The van der Waals surface area contributed by atoms with Crippen LogP contribution in [0.4, 0.5) is 17.6 Å². The number of nitrogens with zero attached hydrogens (tertiary/aromatic N) is 1. The molecule has 1 saturated heterocycles. The standard InChI is InChI=1S/C25H19F4NO2S.C20H23NO2S.C2H6/c26-21-4-2-1-3-19(21)18-7-6-16(12-20(18)25(27,28)29)23-13-17-11-15(5-8-22(17)33-23)14-30-10-9-24(31)32;1-20(2,16-6-4-3-5-7-16)17-10-14(8-9-18(17)24)11-21-12-15(13-21)19(22)23;1-2/h1-8,11-13,30H,9-10,14H2,(H,31,32);3-10,15,24H,11-13H2,1-2H3,(H,22,23);1-2H3. The van der Waals surface area contributed by atoms with Gasteiger partial charge in [0.2, 0.25) is 0 Å². The van der Waals surface area contributed by atoms with Gasteiger partial charge in [-0.2, -0.15) is 13.2 Å². The van der Waals surface area contributed by atoms with Crippen LogP contribution in [0.5, 0.6) is 0 Å². The Hall–Kier alpha value is -5.01. The van der Waals surface area contributed by atoms with E-state index in [1.807, 2.05) is 50.2 Å². The van der Waals surface area contributed by atoms with Crippen molar-refractivity contribution in [1.29, 1.82) is 0 Å². The van der Waals surface area contributed by atoms with Gasteiger partial charge in [0.15, 0.2) is 0 Å². The third-order valence-electron chi connectivity index (χ3n) is 10.1. The predicted molar refractivity (Wildman–Crippen MR) is 232 cm³/mol.